The molecule has 5 heterocycles. The maximum Gasteiger partial charge on any atom is 2.00 e. The van der Waals surface area contributed by atoms with E-state index >= 15 is 0 Å². The van der Waals surface area contributed by atoms with Gasteiger partial charge in [-0.1, -0.05) is 312 Å². The minimum absolute atomic E-state index is 0. The Bertz CT molecular complexity index is 3760. The van der Waals surface area contributed by atoms with E-state index in [1.165, 1.54) is 347 Å². The minimum atomic E-state index is 0. The van der Waals surface area contributed by atoms with Crippen LogP contribution in [0.15, 0.2) is 87.7 Å². The Kier molecular flexibility index (Phi) is 49.3. The van der Waals surface area contributed by atoms with Gasteiger partial charge in [-0.2, -0.15) is 0 Å². The second kappa shape index (κ2) is 57.9. The fourth-order valence-electron chi connectivity index (χ4n) is 15.4. The van der Waals surface area contributed by atoms with Crippen molar-refractivity contribution in [3.8, 4) is 45.6 Å². The molecule has 0 aliphatic carbocycles. The van der Waals surface area contributed by atoms with Gasteiger partial charge in [0, 0.05) is 106 Å². The van der Waals surface area contributed by atoms with Crippen LogP contribution in [-0.2, 0) is 0 Å². The molecule has 2 aliphatic heterocycles. The van der Waals surface area contributed by atoms with Gasteiger partial charge in [-0.05, 0) is 146 Å². The van der Waals surface area contributed by atoms with Gasteiger partial charge >= 0.3 is 23.1 Å². The molecular weight excluding hydrogens is 1550 g/mol. The van der Waals surface area contributed by atoms with E-state index < -0.39 is 0 Å². The molecule has 8 bridgehead atoms. The SMILES string of the molecule is CCCCCCCCSc1ccc(SCCCCCCCC)c2c1-c1nc3nc(nc4[n-]c(nc5[n-]c(nc-2n1)c1c(SCCCCCCCC)ccc(SCCCCCCCC)c51)c1c(SCCCCCCCC)ccc(SCCCCCCCC)c41)-c1c(SCCCCCCCC)ccc(SCCCCCCCC)c1-3.[Mg+2]. The van der Waals surface area contributed by atoms with Crippen LogP contribution in [0.3, 0.4) is 0 Å². The molecule has 0 saturated heterocycles. The molecule has 0 unspecified atom stereocenters. The Balaban J connectivity index is 0.0000160. The van der Waals surface area contributed by atoms with Crippen molar-refractivity contribution in [1.82, 2.24) is 39.9 Å². The maximum atomic E-state index is 6.07. The first-order chi connectivity index (χ1) is 55.4. The van der Waals surface area contributed by atoms with Crippen molar-refractivity contribution in [1.29, 1.82) is 0 Å². The van der Waals surface area contributed by atoms with Gasteiger partial charge in [0.15, 0.2) is 11.6 Å². The Labute approximate surface area is 737 Å². The average Bonchev–Trinajstić information content (AvgIpc) is 1.58. The zero-order valence-electron chi connectivity index (χ0n) is 71.8. The molecule has 618 valence electrons. The quantitative estimate of drug-likeness (QED) is 0.0205. The van der Waals surface area contributed by atoms with Gasteiger partial charge in [-0.15, -0.1) is 94.1 Å². The molecule has 0 saturated carbocycles. The summed E-state index contributed by atoms with van der Waals surface area (Å²) in [5.41, 5.74) is 7.17. The third-order valence-corrected chi connectivity index (χ3v) is 31.2. The van der Waals surface area contributed by atoms with Gasteiger partial charge in [0.2, 0.25) is 0 Å². The van der Waals surface area contributed by atoms with Crippen molar-refractivity contribution in [2.45, 2.75) is 403 Å². The molecule has 8 nitrogen and oxygen atoms in total. The largest absolute Gasteiger partial charge is 2.00 e. The van der Waals surface area contributed by atoms with Gasteiger partial charge in [0.05, 0.1) is 11.6 Å². The van der Waals surface area contributed by atoms with Crippen molar-refractivity contribution in [2.75, 3.05) is 46.0 Å². The van der Waals surface area contributed by atoms with Gasteiger partial charge < -0.3 is 24.9 Å². The first-order valence-corrected chi connectivity index (χ1v) is 53.7. The van der Waals surface area contributed by atoms with Crippen LogP contribution in [0.1, 0.15) is 364 Å². The topological polar surface area (TPSA) is 106 Å². The van der Waals surface area contributed by atoms with Gasteiger partial charge in [0.1, 0.15) is 0 Å². The fourth-order valence-corrected chi connectivity index (χ4v) is 24.0. The average molecular weight is 1690 g/mol. The molecule has 4 aromatic carbocycles. The smallest absolute Gasteiger partial charge is 0.357 e. The number of aromatic nitrogens is 8. The van der Waals surface area contributed by atoms with Gasteiger partial charge in [-0.3, -0.25) is 0 Å². The summed E-state index contributed by atoms with van der Waals surface area (Å²) in [6.45, 7) is 18.6. The molecule has 3 aromatic heterocycles. The fraction of sp³-hybridized carbons (Fsp3) is 0.667. The van der Waals surface area contributed by atoms with E-state index in [1.54, 1.807) is 0 Å². The maximum absolute atomic E-state index is 6.07. The molecule has 9 rings (SSSR count). The summed E-state index contributed by atoms with van der Waals surface area (Å²) in [5, 5.41) is 4.37. The molecule has 2 aliphatic rings. The van der Waals surface area contributed by atoms with Crippen LogP contribution in [0, 0.1) is 0 Å². The monoisotopic (exact) mass is 1690 g/mol. The number of benzene rings is 4. The number of unbranched alkanes of at least 4 members (excludes halogenated alkanes) is 40. The van der Waals surface area contributed by atoms with Crippen molar-refractivity contribution < 1.29 is 0 Å². The Morgan fingerprint density at radius 1 is 0.186 bits per heavy atom. The Morgan fingerprint density at radius 3 is 0.531 bits per heavy atom. The molecule has 113 heavy (non-hydrogen) atoms. The van der Waals surface area contributed by atoms with Crippen LogP contribution >= 0.6 is 94.1 Å². The number of nitrogens with zero attached hydrogens (tertiary/aromatic N) is 8. The Hall–Kier alpha value is -2.19. The summed E-state index contributed by atoms with van der Waals surface area (Å²) in [5.74, 6) is 11.0. The van der Waals surface area contributed by atoms with Crippen LogP contribution in [-0.4, -0.2) is 99.0 Å². The van der Waals surface area contributed by atoms with E-state index in [2.05, 4.69) is 104 Å². The molecule has 0 fully saturated rings. The first-order valence-electron chi connectivity index (χ1n) is 45.8. The van der Waals surface area contributed by atoms with Crippen molar-refractivity contribution in [3.63, 3.8) is 0 Å². The van der Waals surface area contributed by atoms with E-state index in [9.17, 15) is 0 Å². The molecule has 0 atom stereocenters. The van der Waals surface area contributed by atoms with Crippen LogP contribution in [0.4, 0.5) is 0 Å². The van der Waals surface area contributed by atoms with E-state index in [0.29, 0.717) is 45.9 Å². The van der Waals surface area contributed by atoms with Crippen LogP contribution in [0.25, 0.3) is 89.7 Å². The van der Waals surface area contributed by atoms with E-state index in [4.69, 9.17) is 39.9 Å². The van der Waals surface area contributed by atoms with E-state index in [1.807, 2.05) is 94.1 Å². The third kappa shape index (κ3) is 31.3. The van der Waals surface area contributed by atoms with Crippen molar-refractivity contribution >= 4 is 161 Å². The second-order valence-electron chi connectivity index (χ2n) is 31.7. The number of hydrogen-bond donors (Lipinski definition) is 0. The molecule has 0 amide bonds. The summed E-state index contributed by atoms with van der Waals surface area (Å²) >= 11 is 15.9. The van der Waals surface area contributed by atoms with Gasteiger partial charge in [0.25, 0.3) is 0 Å². The summed E-state index contributed by atoms with van der Waals surface area (Å²) in [7, 11) is 0. The summed E-state index contributed by atoms with van der Waals surface area (Å²) in [6.07, 6.45) is 60.5. The summed E-state index contributed by atoms with van der Waals surface area (Å²) in [6, 6.07) is 19.3. The predicted octanol–water partition coefficient (Wildman–Crippen LogP) is 33.4. The minimum Gasteiger partial charge on any atom is -0.357 e. The van der Waals surface area contributed by atoms with Crippen molar-refractivity contribution in [2.24, 2.45) is 0 Å². The van der Waals surface area contributed by atoms with Crippen LogP contribution in [0.2, 0.25) is 0 Å². The van der Waals surface area contributed by atoms with Gasteiger partial charge in [-0.25, -0.2) is 15.0 Å². The Morgan fingerprint density at radius 2 is 0.336 bits per heavy atom. The molecule has 17 heteroatoms. The van der Waals surface area contributed by atoms with Crippen molar-refractivity contribution in [3.05, 3.63) is 48.5 Å². The molecule has 0 N–H and O–H groups in total. The number of fused-ring (bicyclic) bond motifs is 20. The first kappa shape index (κ1) is 96.3. The normalized spacial score (nSPS) is 12.0. The predicted molar refractivity (Wildman–Crippen MR) is 513 cm³/mol. The zero-order valence-corrected chi connectivity index (χ0v) is 79.7. The van der Waals surface area contributed by atoms with E-state index in [0.717, 1.165) is 89.8 Å². The van der Waals surface area contributed by atoms with Crippen LogP contribution in [0.5, 0.6) is 0 Å². The number of rotatable bonds is 64. The third-order valence-electron chi connectivity index (χ3n) is 22.0. The number of hydrogen-bond acceptors (Lipinski definition) is 14. The molecule has 7 aromatic rings. The molecular formula is C96H144MgN8S8. The second-order valence-corrected chi connectivity index (χ2v) is 40.8. The zero-order chi connectivity index (χ0) is 78.4. The number of thioether (sulfide) groups is 8. The standard InChI is InChI=1S/C96H144N8S8.Mg/c1-9-17-25-33-41-49-65-105-73-57-58-74(106-66-50-42-34-26-18-10-2)82-81(73)89-97-90(82)102-92-85-77(109-69-53-45-37-29-21-13-5)61-62-78(110-70-54-46-38-30-22-14-6)86(85)94(99-92)104-96-88-80(112-72-56-48-40-32-24-16-8)64-63-79(111-71-55-47-39-31-23-15-7)87(88)95(100-96)103-93-84-76(108-68-52-44-36-28-20-12-4)60-59-75(83(84)91(98-93)101-89)107-67-51-43-35-27-19-11-3;/h57-64H,9-56,65-72H2,1-8H3;/q-2;+2. The van der Waals surface area contributed by atoms with Crippen LogP contribution < -0.4 is 9.97 Å². The summed E-state index contributed by atoms with van der Waals surface area (Å²) < 4.78 is 0. The molecule has 0 radical (unpaired) electrons. The molecule has 0 spiro atoms. The van der Waals surface area contributed by atoms with E-state index in [-0.39, 0.29) is 23.1 Å². The summed E-state index contributed by atoms with van der Waals surface area (Å²) in [4.78, 5) is 57.8.